The Morgan fingerprint density at radius 3 is 1.40 bits per heavy atom. The molecule has 0 atom stereocenters. The van der Waals surface area contributed by atoms with Gasteiger partial charge in [-0.3, -0.25) is 0 Å². The van der Waals surface area contributed by atoms with Crippen molar-refractivity contribution < 1.29 is 18.6 Å². The van der Waals surface area contributed by atoms with E-state index in [9.17, 15) is 0 Å². The molecule has 4 nitrogen and oxygen atoms in total. The highest BCUT2D eigenvalue weighted by Crippen LogP contribution is 2.38. The molecule has 0 unspecified atom stereocenters. The zero-order valence-corrected chi connectivity index (χ0v) is 17.2. The molecule has 3 rings (SSSR count). The van der Waals surface area contributed by atoms with Crippen LogP contribution in [-0.4, -0.2) is 36.6 Å². The number of hydrogen-bond donors (Lipinski definition) is 0. The highest BCUT2D eigenvalue weighted by molar-refractivity contribution is 6.74. The molecule has 2 aliphatic heterocycles. The van der Waals surface area contributed by atoms with Crippen LogP contribution in [0.1, 0.15) is 55.4 Å². The van der Waals surface area contributed by atoms with Crippen LogP contribution >= 0.6 is 11.6 Å². The van der Waals surface area contributed by atoms with Gasteiger partial charge in [-0.2, -0.15) is 0 Å². The fourth-order valence-corrected chi connectivity index (χ4v) is 3.08. The summed E-state index contributed by atoms with van der Waals surface area (Å²) in [5, 5.41) is 0.630. The van der Waals surface area contributed by atoms with Crippen molar-refractivity contribution in [1.29, 1.82) is 0 Å². The lowest BCUT2D eigenvalue weighted by molar-refractivity contribution is 0.00578. The summed E-state index contributed by atoms with van der Waals surface area (Å²) in [6, 6.07) is 5.66. The van der Waals surface area contributed by atoms with Gasteiger partial charge in [0.05, 0.1) is 22.4 Å². The third-order valence-corrected chi connectivity index (χ3v) is 6.30. The summed E-state index contributed by atoms with van der Waals surface area (Å²) in [5.41, 5.74) is 0.0706. The first-order valence-electron chi connectivity index (χ1n) is 8.76. The van der Waals surface area contributed by atoms with Crippen molar-refractivity contribution in [3.8, 4) is 0 Å². The van der Waals surface area contributed by atoms with Crippen LogP contribution in [0.4, 0.5) is 0 Å². The lowest BCUT2D eigenvalue weighted by Gasteiger charge is -2.32. The van der Waals surface area contributed by atoms with Gasteiger partial charge < -0.3 is 18.6 Å². The molecule has 0 N–H and O–H groups in total. The summed E-state index contributed by atoms with van der Waals surface area (Å²) < 4.78 is 24.9. The topological polar surface area (TPSA) is 36.9 Å². The molecule has 1 aromatic rings. The van der Waals surface area contributed by atoms with Crippen molar-refractivity contribution in [2.75, 3.05) is 0 Å². The number of halogens is 1. The summed E-state index contributed by atoms with van der Waals surface area (Å²) in [6.45, 7) is 16.3. The van der Waals surface area contributed by atoms with Gasteiger partial charge in [-0.05, 0) is 78.4 Å². The second-order valence-electron chi connectivity index (χ2n) is 8.95. The van der Waals surface area contributed by atoms with Crippen molar-refractivity contribution >= 4 is 36.8 Å². The second kappa shape index (κ2) is 5.74. The molecule has 2 fully saturated rings. The summed E-state index contributed by atoms with van der Waals surface area (Å²) in [4.78, 5) is 0. The maximum Gasteiger partial charge on any atom is 0.494 e. The average molecular weight is 364 g/mol. The lowest BCUT2D eigenvalue weighted by Crippen LogP contribution is -2.51. The van der Waals surface area contributed by atoms with Crippen LogP contribution in [0.2, 0.25) is 5.02 Å². The highest BCUT2D eigenvalue weighted by atomic mass is 35.5. The normalized spacial score (nSPS) is 26.3. The largest absolute Gasteiger partial charge is 0.494 e. The van der Waals surface area contributed by atoms with Crippen LogP contribution in [0.25, 0.3) is 0 Å². The Hall–Kier alpha value is -0.520. The molecule has 2 saturated heterocycles. The first kappa shape index (κ1) is 19.2. The van der Waals surface area contributed by atoms with Crippen LogP contribution in [-0.2, 0) is 18.6 Å². The smallest absolute Gasteiger partial charge is 0.399 e. The zero-order valence-electron chi connectivity index (χ0n) is 16.4. The number of benzene rings is 1. The van der Waals surface area contributed by atoms with Gasteiger partial charge in [0, 0.05) is 5.02 Å². The molecule has 0 aliphatic carbocycles. The Balaban J connectivity index is 1.99. The van der Waals surface area contributed by atoms with Gasteiger partial charge in [0.15, 0.2) is 0 Å². The zero-order chi connectivity index (χ0) is 18.8. The molecule has 0 aromatic heterocycles. The molecular formula is C18H27B2ClO4. The molecule has 2 aliphatic rings. The first-order chi connectivity index (χ1) is 11.3. The highest BCUT2D eigenvalue weighted by Gasteiger charge is 2.56. The molecule has 136 valence electrons. The Kier molecular flexibility index (Phi) is 4.42. The van der Waals surface area contributed by atoms with Gasteiger partial charge in [0.1, 0.15) is 0 Å². The van der Waals surface area contributed by atoms with E-state index in [-0.39, 0.29) is 0 Å². The monoisotopic (exact) mass is 364 g/mol. The Labute approximate surface area is 156 Å². The van der Waals surface area contributed by atoms with Gasteiger partial charge in [0.25, 0.3) is 0 Å². The molecule has 0 radical (unpaired) electrons. The van der Waals surface area contributed by atoms with E-state index >= 15 is 0 Å². The van der Waals surface area contributed by atoms with Gasteiger partial charge in [-0.15, -0.1) is 0 Å². The van der Waals surface area contributed by atoms with E-state index in [2.05, 4.69) is 0 Å². The maximum absolute atomic E-state index is 6.26. The van der Waals surface area contributed by atoms with Gasteiger partial charge in [0.2, 0.25) is 0 Å². The molecule has 25 heavy (non-hydrogen) atoms. The van der Waals surface area contributed by atoms with Gasteiger partial charge >= 0.3 is 14.2 Å². The third kappa shape index (κ3) is 3.17. The van der Waals surface area contributed by atoms with Crippen LogP contribution in [0.5, 0.6) is 0 Å². The molecular weight excluding hydrogens is 337 g/mol. The molecule has 0 bridgehead atoms. The number of hydrogen-bond acceptors (Lipinski definition) is 4. The SMILES string of the molecule is CC1(C)OB(c2ccc(Cl)cc2B2OC(C)(C)C(C)(C)O2)OC1(C)C. The van der Waals surface area contributed by atoms with E-state index in [0.717, 1.165) is 10.9 Å². The Morgan fingerprint density at radius 1 is 0.640 bits per heavy atom. The van der Waals surface area contributed by atoms with Crippen molar-refractivity contribution in [1.82, 2.24) is 0 Å². The molecule has 7 heteroatoms. The van der Waals surface area contributed by atoms with Crippen molar-refractivity contribution in [3.05, 3.63) is 23.2 Å². The third-order valence-electron chi connectivity index (χ3n) is 6.06. The van der Waals surface area contributed by atoms with E-state index in [1.165, 1.54) is 0 Å². The average Bonchev–Trinajstić information content (AvgIpc) is 2.78. The minimum absolute atomic E-state index is 0.412. The van der Waals surface area contributed by atoms with Crippen molar-refractivity contribution in [2.24, 2.45) is 0 Å². The summed E-state index contributed by atoms with van der Waals surface area (Å²) in [7, 11) is -1.01. The predicted octanol–water partition coefficient (Wildman–Crippen LogP) is 2.94. The van der Waals surface area contributed by atoms with E-state index in [1.807, 2.05) is 73.6 Å². The quantitative estimate of drug-likeness (QED) is 0.756. The second-order valence-corrected chi connectivity index (χ2v) is 9.39. The first-order valence-corrected chi connectivity index (χ1v) is 9.14. The Bertz CT molecular complexity index is 656. The van der Waals surface area contributed by atoms with Crippen LogP contribution in [0.15, 0.2) is 18.2 Å². The number of rotatable bonds is 2. The summed E-state index contributed by atoms with van der Waals surface area (Å²) in [5.74, 6) is 0. The molecule has 1 aromatic carbocycles. The van der Waals surface area contributed by atoms with Gasteiger partial charge in [-0.25, -0.2) is 0 Å². The van der Waals surface area contributed by atoms with E-state index in [0.29, 0.717) is 5.02 Å². The Morgan fingerprint density at radius 2 is 1.00 bits per heavy atom. The minimum atomic E-state index is -0.516. The maximum atomic E-state index is 6.26. The molecule has 2 heterocycles. The molecule has 0 saturated carbocycles. The predicted molar refractivity (Wildman–Crippen MR) is 103 cm³/mol. The van der Waals surface area contributed by atoms with E-state index in [4.69, 9.17) is 30.2 Å². The van der Waals surface area contributed by atoms with E-state index in [1.54, 1.807) is 0 Å². The van der Waals surface area contributed by atoms with Crippen LogP contribution in [0, 0.1) is 0 Å². The summed E-state index contributed by atoms with van der Waals surface area (Å²) in [6.07, 6.45) is 0. The fourth-order valence-electron chi connectivity index (χ4n) is 2.90. The standard InChI is InChI=1S/C18H27B2ClO4/c1-15(2)16(3,4)23-19(22-15)13-10-9-12(21)11-14(13)20-24-17(5,6)18(7,8)25-20/h9-11H,1-8H3. The van der Waals surface area contributed by atoms with Crippen molar-refractivity contribution in [2.45, 2.75) is 77.8 Å². The molecule has 0 amide bonds. The summed E-state index contributed by atoms with van der Waals surface area (Å²) >= 11 is 6.26. The van der Waals surface area contributed by atoms with Gasteiger partial charge in [-0.1, -0.05) is 17.7 Å². The van der Waals surface area contributed by atoms with E-state index < -0.39 is 36.6 Å². The minimum Gasteiger partial charge on any atom is -0.399 e. The van der Waals surface area contributed by atoms with Crippen molar-refractivity contribution in [3.63, 3.8) is 0 Å². The lowest BCUT2D eigenvalue weighted by atomic mass is 9.65. The fraction of sp³-hybridized carbons (Fsp3) is 0.667. The molecule has 0 spiro atoms. The van der Waals surface area contributed by atoms with Crippen LogP contribution in [0.3, 0.4) is 0 Å². The van der Waals surface area contributed by atoms with Crippen LogP contribution < -0.4 is 10.9 Å².